The number of hydrogen-bond acceptors (Lipinski definition) is 3. The fourth-order valence-corrected chi connectivity index (χ4v) is 3.21. The number of hydrogen-bond donors (Lipinski definition) is 1. The molecule has 1 atom stereocenters. The molecule has 4 nitrogen and oxygen atoms in total. The SMILES string of the molecule is CC(C)n1c(C2Cc3ccccc3N2)nc2cnccc21. The number of rotatable bonds is 2. The number of fused-ring (bicyclic) bond motifs is 2. The molecule has 0 amide bonds. The highest BCUT2D eigenvalue weighted by Crippen LogP contribution is 2.35. The Morgan fingerprint density at radius 3 is 2.90 bits per heavy atom. The van der Waals surface area contributed by atoms with Crippen molar-refractivity contribution in [3.05, 3.63) is 54.1 Å². The Bertz CT molecular complexity index is 778. The van der Waals surface area contributed by atoms with Gasteiger partial charge in [-0.15, -0.1) is 0 Å². The summed E-state index contributed by atoms with van der Waals surface area (Å²) in [4.78, 5) is 9.03. The van der Waals surface area contributed by atoms with Crippen LogP contribution in [0, 0.1) is 0 Å². The Hall–Kier alpha value is -2.36. The van der Waals surface area contributed by atoms with Gasteiger partial charge in [-0.05, 0) is 31.5 Å². The Labute approximate surface area is 123 Å². The second-order valence-corrected chi connectivity index (χ2v) is 5.86. The first-order valence-electron chi connectivity index (χ1n) is 7.40. The molecule has 1 unspecified atom stereocenters. The van der Waals surface area contributed by atoms with Crippen molar-refractivity contribution in [2.75, 3.05) is 5.32 Å². The third-order valence-electron chi connectivity index (χ3n) is 4.12. The zero-order valence-corrected chi connectivity index (χ0v) is 12.2. The highest BCUT2D eigenvalue weighted by Gasteiger charge is 2.27. The Balaban J connectivity index is 1.83. The van der Waals surface area contributed by atoms with Gasteiger partial charge < -0.3 is 9.88 Å². The number of nitrogens with zero attached hydrogens (tertiary/aromatic N) is 3. The summed E-state index contributed by atoms with van der Waals surface area (Å²) in [7, 11) is 0. The molecular formula is C17H18N4. The summed E-state index contributed by atoms with van der Waals surface area (Å²) in [5.41, 5.74) is 4.72. The first kappa shape index (κ1) is 12.4. The van der Waals surface area contributed by atoms with Crippen LogP contribution in [-0.2, 0) is 6.42 Å². The van der Waals surface area contributed by atoms with Crippen molar-refractivity contribution in [3.8, 4) is 0 Å². The van der Waals surface area contributed by atoms with Gasteiger partial charge in [0.15, 0.2) is 0 Å². The van der Waals surface area contributed by atoms with E-state index in [0.29, 0.717) is 6.04 Å². The lowest BCUT2D eigenvalue weighted by Gasteiger charge is -2.17. The fourth-order valence-electron chi connectivity index (χ4n) is 3.21. The van der Waals surface area contributed by atoms with Crippen LogP contribution in [0.3, 0.4) is 0 Å². The van der Waals surface area contributed by atoms with Gasteiger partial charge in [-0.1, -0.05) is 18.2 Å². The number of aromatic nitrogens is 3. The number of anilines is 1. The van der Waals surface area contributed by atoms with Crippen molar-refractivity contribution in [1.29, 1.82) is 0 Å². The van der Waals surface area contributed by atoms with Crippen LogP contribution in [0.4, 0.5) is 5.69 Å². The van der Waals surface area contributed by atoms with Gasteiger partial charge in [-0.25, -0.2) is 4.98 Å². The molecule has 1 aliphatic heterocycles. The molecule has 1 aliphatic rings. The van der Waals surface area contributed by atoms with Crippen molar-refractivity contribution in [2.24, 2.45) is 0 Å². The van der Waals surface area contributed by atoms with E-state index in [-0.39, 0.29) is 6.04 Å². The molecule has 3 heterocycles. The van der Waals surface area contributed by atoms with Crippen LogP contribution in [0.5, 0.6) is 0 Å². The first-order chi connectivity index (χ1) is 10.2. The lowest BCUT2D eigenvalue weighted by atomic mass is 10.1. The number of imidazole rings is 1. The molecule has 0 saturated heterocycles. The number of pyridine rings is 1. The van der Waals surface area contributed by atoms with Crippen molar-refractivity contribution >= 4 is 16.7 Å². The molecule has 4 rings (SSSR count). The summed E-state index contributed by atoms with van der Waals surface area (Å²) in [5, 5.41) is 3.60. The molecule has 1 N–H and O–H groups in total. The minimum absolute atomic E-state index is 0.234. The van der Waals surface area contributed by atoms with Crippen LogP contribution in [0.1, 0.15) is 37.3 Å². The summed E-state index contributed by atoms with van der Waals surface area (Å²) in [5.74, 6) is 1.10. The van der Waals surface area contributed by atoms with E-state index in [4.69, 9.17) is 4.98 Å². The van der Waals surface area contributed by atoms with Crippen LogP contribution >= 0.6 is 0 Å². The molecule has 3 aromatic rings. The van der Waals surface area contributed by atoms with E-state index in [2.05, 4.69) is 53.0 Å². The molecule has 0 bridgehead atoms. The largest absolute Gasteiger partial charge is 0.375 e. The highest BCUT2D eigenvalue weighted by atomic mass is 15.2. The Kier molecular flexibility index (Phi) is 2.70. The minimum atomic E-state index is 0.234. The summed E-state index contributed by atoms with van der Waals surface area (Å²) < 4.78 is 2.32. The number of benzene rings is 1. The zero-order chi connectivity index (χ0) is 14.4. The molecular weight excluding hydrogens is 260 g/mol. The monoisotopic (exact) mass is 278 g/mol. The summed E-state index contributed by atoms with van der Waals surface area (Å²) in [6.45, 7) is 4.40. The van der Waals surface area contributed by atoms with E-state index >= 15 is 0 Å². The molecule has 4 heteroatoms. The van der Waals surface area contributed by atoms with Crippen LogP contribution in [0.2, 0.25) is 0 Å². The average Bonchev–Trinajstić information content (AvgIpc) is 3.08. The highest BCUT2D eigenvalue weighted by molar-refractivity contribution is 5.75. The molecule has 1 aromatic carbocycles. The molecule has 21 heavy (non-hydrogen) atoms. The molecule has 0 aliphatic carbocycles. The normalized spacial score (nSPS) is 17.2. The average molecular weight is 278 g/mol. The molecule has 0 spiro atoms. The smallest absolute Gasteiger partial charge is 0.133 e. The van der Waals surface area contributed by atoms with Crippen molar-refractivity contribution in [3.63, 3.8) is 0 Å². The fraction of sp³-hybridized carbons (Fsp3) is 0.294. The van der Waals surface area contributed by atoms with Gasteiger partial charge in [0.2, 0.25) is 0 Å². The standard InChI is InChI=1S/C17H18N4/c1-11(2)21-16-7-8-18-10-15(16)20-17(21)14-9-12-5-3-4-6-13(12)19-14/h3-8,10-11,14,19H,9H2,1-2H3. The van der Waals surface area contributed by atoms with Gasteiger partial charge >= 0.3 is 0 Å². The lowest BCUT2D eigenvalue weighted by Crippen LogP contribution is -2.15. The second-order valence-electron chi connectivity index (χ2n) is 5.86. The predicted octanol–water partition coefficient (Wildman–Crippen LogP) is 3.72. The van der Waals surface area contributed by atoms with E-state index < -0.39 is 0 Å². The molecule has 0 radical (unpaired) electrons. The van der Waals surface area contributed by atoms with Gasteiger partial charge in [-0.3, -0.25) is 4.98 Å². The van der Waals surface area contributed by atoms with E-state index in [1.807, 2.05) is 18.5 Å². The molecule has 0 saturated carbocycles. The van der Waals surface area contributed by atoms with Crippen LogP contribution in [-0.4, -0.2) is 14.5 Å². The van der Waals surface area contributed by atoms with Crippen LogP contribution in [0.15, 0.2) is 42.7 Å². The lowest BCUT2D eigenvalue weighted by molar-refractivity contribution is 0.561. The van der Waals surface area contributed by atoms with Gasteiger partial charge in [0, 0.05) is 24.3 Å². The van der Waals surface area contributed by atoms with Crippen molar-refractivity contribution < 1.29 is 0 Å². The maximum absolute atomic E-state index is 4.84. The number of nitrogens with one attached hydrogen (secondary N) is 1. The minimum Gasteiger partial charge on any atom is -0.375 e. The zero-order valence-electron chi connectivity index (χ0n) is 12.2. The second kappa shape index (κ2) is 4.58. The summed E-state index contributed by atoms with van der Waals surface area (Å²) >= 11 is 0. The third kappa shape index (κ3) is 1.90. The van der Waals surface area contributed by atoms with Crippen molar-refractivity contribution in [1.82, 2.24) is 14.5 Å². The molecule has 2 aromatic heterocycles. The van der Waals surface area contributed by atoms with E-state index in [1.54, 1.807) is 0 Å². The van der Waals surface area contributed by atoms with E-state index in [0.717, 1.165) is 23.3 Å². The summed E-state index contributed by atoms with van der Waals surface area (Å²) in [6, 6.07) is 11.1. The van der Waals surface area contributed by atoms with Gasteiger partial charge in [-0.2, -0.15) is 0 Å². The first-order valence-corrected chi connectivity index (χ1v) is 7.40. The van der Waals surface area contributed by atoms with Gasteiger partial charge in [0.25, 0.3) is 0 Å². The maximum atomic E-state index is 4.84. The van der Waals surface area contributed by atoms with E-state index in [1.165, 1.54) is 11.3 Å². The molecule has 106 valence electrons. The maximum Gasteiger partial charge on any atom is 0.133 e. The van der Waals surface area contributed by atoms with Gasteiger partial charge in [0.05, 0.1) is 17.8 Å². The Morgan fingerprint density at radius 1 is 1.24 bits per heavy atom. The van der Waals surface area contributed by atoms with Crippen LogP contribution < -0.4 is 5.32 Å². The van der Waals surface area contributed by atoms with E-state index in [9.17, 15) is 0 Å². The number of para-hydroxylation sites is 1. The quantitative estimate of drug-likeness (QED) is 0.777. The van der Waals surface area contributed by atoms with Crippen molar-refractivity contribution in [2.45, 2.75) is 32.4 Å². The molecule has 0 fully saturated rings. The Morgan fingerprint density at radius 2 is 2.10 bits per heavy atom. The third-order valence-corrected chi connectivity index (χ3v) is 4.12. The van der Waals surface area contributed by atoms with Gasteiger partial charge in [0.1, 0.15) is 11.3 Å². The predicted molar refractivity (Wildman–Crippen MR) is 84.4 cm³/mol. The topological polar surface area (TPSA) is 42.7 Å². The summed E-state index contributed by atoms with van der Waals surface area (Å²) in [6.07, 6.45) is 4.67. The van der Waals surface area contributed by atoms with Crippen LogP contribution in [0.25, 0.3) is 11.0 Å².